The van der Waals surface area contributed by atoms with E-state index in [0.717, 1.165) is 11.6 Å². The smallest absolute Gasteiger partial charge is 0.201 e. The minimum Gasteiger partial charge on any atom is -0.369 e. The van der Waals surface area contributed by atoms with Crippen LogP contribution in [0.15, 0.2) is 16.7 Å². The maximum absolute atomic E-state index is 14.0. The van der Waals surface area contributed by atoms with Gasteiger partial charge >= 0.3 is 0 Å². The van der Waals surface area contributed by atoms with Crippen LogP contribution in [0.1, 0.15) is 17.0 Å². The van der Waals surface area contributed by atoms with Gasteiger partial charge in [0.25, 0.3) is 0 Å². The van der Waals surface area contributed by atoms with E-state index in [0.29, 0.717) is 17.0 Å². The molecule has 0 unspecified atom stereocenters. The van der Waals surface area contributed by atoms with Gasteiger partial charge in [0.1, 0.15) is 11.3 Å². The SMILES string of the molecule is Cc1noc(C)c1Cn1c(N)nc2ccc(F)c(F)c21. The van der Waals surface area contributed by atoms with Crippen molar-refractivity contribution >= 4 is 17.0 Å². The van der Waals surface area contributed by atoms with Crippen LogP contribution in [0.3, 0.4) is 0 Å². The van der Waals surface area contributed by atoms with Crippen molar-refractivity contribution in [1.82, 2.24) is 14.7 Å². The number of anilines is 1. The van der Waals surface area contributed by atoms with Gasteiger partial charge < -0.3 is 14.8 Å². The van der Waals surface area contributed by atoms with Crippen LogP contribution in [0.4, 0.5) is 14.7 Å². The number of fused-ring (bicyclic) bond motifs is 1. The molecule has 0 aliphatic carbocycles. The normalized spacial score (nSPS) is 11.4. The van der Waals surface area contributed by atoms with E-state index in [1.54, 1.807) is 13.8 Å². The number of rotatable bonds is 2. The van der Waals surface area contributed by atoms with Crippen LogP contribution in [-0.2, 0) is 6.54 Å². The molecule has 5 nitrogen and oxygen atoms in total. The fourth-order valence-corrected chi connectivity index (χ4v) is 2.22. The summed E-state index contributed by atoms with van der Waals surface area (Å²) in [5.41, 5.74) is 7.62. The van der Waals surface area contributed by atoms with Gasteiger partial charge in [0.05, 0.1) is 17.8 Å². The molecule has 104 valence electrons. The summed E-state index contributed by atoms with van der Waals surface area (Å²) in [4.78, 5) is 4.04. The molecule has 0 bridgehead atoms. The summed E-state index contributed by atoms with van der Waals surface area (Å²) >= 11 is 0. The fraction of sp³-hybridized carbons (Fsp3) is 0.231. The van der Waals surface area contributed by atoms with E-state index in [2.05, 4.69) is 10.1 Å². The van der Waals surface area contributed by atoms with Crippen molar-refractivity contribution in [1.29, 1.82) is 0 Å². The number of hydrogen-bond acceptors (Lipinski definition) is 4. The lowest BCUT2D eigenvalue weighted by molar-refractivity contribution is 0.392. The standard InChI is InChI=1S/C13H12F2N4O/c1-6-8(7(2)20-18-6)5-19-12-10(17-13(19)16)4-3-9(14)11(12)15/h3-4H,5H2,1-2H3,(H2,16,17). The molecule has 0 aliphatic heterocycles. The highest BCUT2D eigenvalue weighted by atomic mass is 19.2. The van der Waals surface area contributed by atoms with Crippen molar-refractivity contribution in [3.63, 3.8) is 0 Å². The first-order valence-corrected chi connectivity index (χ1v) is 6.00. The number of nitrogen functional groups attached to an aromatic ring is 1. The highest BCUT2D eigenvalue weighted by Crippen LogP contribution is 2.25. The first-order valence-electron chi connectivity index (χ1n) is 6.00. The van der Waals surface area contributed by atoms with Crippen LogP contribution in [-0.4, -0.2) is 14.7 Å². The predicted molar refractivity (Wildman–Crippen MR) is 69.1 cm³/mol. The lowest BCUT2D eigenvalue weighted by atomic mass is 10.2. The number of nitrogens with two attached hydrogens (primary N) is 1. The van der Waals surface area contributed by atoms with Gasteiger partial charge in [-0.1, -0.05) is 5.16 Å². The highest BCUT2D eigenvalue weighted by molar-refractivity contribution is 5.79. The third kappa shape index (κ3) is 1.74. The van der Waals surface area contributed by atoms with E-state index in [-0.39, 0.29) is 18.0 Å². The Morgan fingerprint density at radius 2 is 2.05 bits per heavy atom. The number of aromatic nitrogens is 3. The molecule has 3 aromatic rings. The minimum absolute atomic E-state index is 0.0440. The number of hydrogen-bond donors (Lipinski definition) is 1. The van der Waals surface area contributed by atoms with Crippen LogP contribution in [0, 0.1) is 25.5 Å². The van der Waals surface area contributed by atoms with E-state index in [9.17, 15) is 8.78 Å². The summed E-state index contributed by atoms with van der Waals surface area (Å²) < 4.78 is 33.8. The van der Waals surface area contributed by atoms with Gasteiger partial charge in [-0.15, -0.1) is 0 Å². The second kappa shape index (κ2) is 4.29. The number of nitrogens with zero attached hydrogens (tertiary/aromatic N) is 3. The van der Waals surface area contributed by atoms with Gasteiger partial charge in [-0.25, -0.2) is 13.8 Å². The van der Waals surface area contributed by atoms with Crippen molar-refractivity contribution in [2.75, 3.05) is 5.73 Å². The van der Waals surface area contributed by atoms with Crippen LogP contribution in [0.25, 0.3) is 11.0 Å². The Morgan fingerprint density at radius 1 is 1.30 bits per heavy atom. The van der Waals surface area contributed by atoms with E-state index in [4.69, 9.17) is 10.3 Å². The maximum atomic E-state index is 14.0. The fourth-order valence-electron chi connectivity index (χ4n) is 2.22. The first-order chi connectivity index (χ1) is 9.49. The minimum atomic E-state index is -0.960. The largest absolute Gasteiger partial charge is 0.369 e. The topological polar surface area (TPSA) is 69.9 Å². The molecule has 7 heteroatoms. The summed E-state index contributed by atoms with van der Waals surface area (Å²) in [7, 11) is 0. The Kier molecular flexibility index (Phi) is 2.70. The van der Waals surface area contributed by atoms with Gasteiger partial charge in [0, 0.05) is 5.56 Å². The number of imidazole rings is 1. The molecule has 20 heavy (non-hydrogen) atoms. The summed E-state index contributed by atoms with van der Waals surface area (Å²) in [6.45, 7) is 3.75. The molecular formula is C13H12F2N4O. The number of benzene rings is 1. The summed E-state index contributed by atoms with van der Waals surface area (Å²) in [6, 6.07) is 2.43. The number of aryl methyl sites for hydroxylation is 2. The average Bonchev–Trinajstić information content (AvgIpc) is 2.89. The molecule has 0 radical (unpaired) electrons. The maximum Gasteiger partial charge on any atom is 0.201 e. The molecular weight excluding hydrogens is 266 g/mol. The highest BCUT2D eigenvalue weighted by Gasteiger charge is 2.18. The Hall–Kier alpha value is -2.44. The van der Waals surface area contributed by atoms with Gasteiger partial charge in [-0.3, -0.25) is 0 Å². The van der Waals surface area contributed by atoms with Crippen molar-refractivity contribution in [2.45, 2.75) is 20.4 Å². The second-order valence-corrected chi connectivity index (χ2v) is 4.59. The lowest BCUT2D eigenvalue weighted by Gasteiger charge is -2.07. The van der Waals surface area contributed by atoms with E-state index < -0.39 is 11.6 Å². The van der Waals surface area contributed by atoms with Crippen LogP contribution >= 0.6 is 0 Å². The Bertz CT molecular complexity index is 787. The molecule has 0 saturated heterocycles. The monoisotopic (exact) mass is 278 g/mol. The zero-order valence-electron chi connectivity index (χ0n) is 10.9. The van der Waals surface area contributed by atoms with Crippen molar-refractivity contribution in [3.8, 4) is 0 Å². The van der Waals surface area contributed by atoms with Crippen molar-refractivity contribution in [2.24, 2.45) is 0 Å². The van der Waals surface area contributed by atoms with Crippen LogP contribution in [0.5, 0.6) is 0 Å². The van der Waals surface area contributed by atoms with Gasteiger partial charge in [0.2, 0.25) is 5.95 Å². The third-order valence-corrected chi connectivity index (χ3v) is 3.33. The second-order valence-electron chi connectivity index (χ2n) is 4.59. The molecule has 0 amide bonds. The molecule has 1 aromatic carbocycles. The summed E-state index contributed by atoms with van der Waals surface area (Å²) in [5, 5.41) is 3.83. The molecule has 0 atom stereocenters. The Morgan fingerprint density at radius 3 is 2.70 bits per heavy atom. The zero-order chi connectivity index (χ0) is 14.4. The van der Waals surface area contributed by atoms with Crippen LogP contribution < -0.4 is 5.73 Å². The average molecular weight is 278 g/mol. The summed E-state index contributed by atoms with van der Waals surface area (Å²) in [6.07, 6.45) is 0. The summed E-state index contributed by atoms with van der Waals surface area (Å²) in [5.74, 6) is -1.17. The molecule has 2 N–H and O–H groups in total. The number of halogens is 2. The van der Waals surface area contributed by atoms with Gasteiger partial charge in [-0.2, -0.15) is 0 Å². The predicted octanol–water partition coefficient (Wildman–Crippen LogP) is 2.55. The van der Waals surface area contributed by atoms with Gasteiger partial charge in [0.15, 0.2) is 11.6 Å². The molecule has 0 aliphatic rings. The Balaban J connectivity index is 2.21. The van der Waals surface area contributed by atoms with E-state index in [1.807, 2.05) is 0 Å². The zero-order valence-corrected chi connectivity index (χ0v) is 10.9. The Labute approximate surface area is 113 Å². The third-order valence-electron chi connectivity index (χ3n) is 3.33. The van der Waals surface area contributed by atoms with Crippen molar-refractivity contribution < 1.29 is 13.3 Å². The van der Waals surface area contributed by atoms with E-state index >= 15 is 0 Å². The molecule has 0 saturated carbocycles. The van der Waals surface area contributed by atoms with Crippen LogP contribution in [0.2, 0.25) is 0 Å². The molecule has 0 spiro atoms. The first kappa shape index (κ1) is 12.6. The molecule has 2 aromatic heterocycles. The van der Waals surface area contributed by atoms with E-state index in [1.165, 1.54) is 10.6 Å². The van der Waals surface area contributed by atoms with Crippen molar-refractivity contribution in [3.05, 3.63) is 40.8 Å². The molecule has 2 heterocycles. The lowest BCUT2D eigenvalue weighted by Crippen LogP contribution is -2.07. The quantitative estimate of drug-likeness (QED) is 0.782. The molecule has 0 fully saturated rings. The molecule has 3 rings (SSSR count). The van der Waals surface area contributed by atoms with Gasteiger partial charge in [-0.05, 0) is 26.0 Å².